The summed E-state index contributed by atoms with van der Waals surface area (Å²) in [6, 6.07) is 11.4. The van der Waals surface area contributed by atoms with Crippen LogP contribution < -0.4 is 10.5 Å². The third kappa shape index (κ3) is 2.25. The van der Waals surface area contributed by atoms with Gasteiger partial charge in [0, 0.05) is 10.6 Å². The SMILES string of the molecule is COc1ccc(-c2nc3ccc(Cl)cc3s2)cc1N. The fraction of sp³-hybridized carbons (Fsp3) is 0.0714. The highest BCUT2D eigenvalue weighted by Crippen LogP contribution is 2.34. The molecule has 0 aliphatic rings. The first kappa shape index (κ1) is 12.3. The van der Waals surface area contributed by atoms with Crippen molar-refractivity contribution in [3.05, 3.63) is 41.4 Å². The van der Waals surface area contributed by atoms with Crippen LogP contribution in [0.5, 0.6) is 5.75 Å². The number of aromatic nitrogens is 1. The number of halogens is 1. The van der Waals surface area contributed by atoms with Crippen molar-refractivity contribution in [2.24, 2.45) is 0 Å². The molecule has 0 saturated heterocycles. The van der Waals surface area contributed by atoms with Gasteiger partial charge in [0.2, 0.25) is 0 Å². The van der Waals surface area contributed by atoms with Crippen molar-refractivity contribution in [3.8, 4) is 16.3 Å². The van der Waals surface area contributed by atoms with Crippen LogP contribution in [-0.4, -0.2) is 12.1 Å². The largest absolute Gasteiger partial charge is 0.495 e. The maximum absolute atomic E-state index is 5.98. The van der Waals surface area contributed by atoms with Crippen molar-refractivity contribution in [1.82, 2.24) is 4.98 Å². The molecule has 1 heterocycles. The Balaban J connectivity index is 2.11. The van der Waals surface area contributed by atoms with Crippen molar-refractivity contribution in [1.29, 1.82) is 0 Å². The van der Waals surface area contributed by atoms with E-state index in [1.165, 1.54) is 0 Å². The van der Waals surface area contributed by atoms with Crippen molar-refractivity contribution in [2.75, 3.05) is 12.8 Å². The second-order valence-electron chi connectivity index (χ2n) is 4.09. The Morgan fingerprint density at radius 2 is 2.05 bits per heavy atom. The number of thiazole rings is 1. The summed E-state index contributed by atoms with van der Waals surface area (Å²) in [5.41, 5.74) is 8.45. The molecule has 0 aliphatic carbocycles. The van der Waals surface area contributed by atoms with Gasteiger partial charge in [0.25, 0.3) is 0 Å². The molecule has 0 aliphatic heterocycles. The minimum atomic E-state index is 0.609. The van der Waals surface area contributed by atoms with Gasteiger partial charge in [-0.05, 0) is 36.4 Å². The standard InChI is InChI=1S/C14H11ClN2OS/c1-18-12-5-2-8(6-10(12)16)14-17-11-4-3-9(15)7-13(11)19-14/h2-7H,16H2,1H3. The average molecular weight is 291 g/mol. The number of rotatable bonds is 2. The molecule has 0 amide bonds. The number of fused-ring (bicyclic) bond motifs is 1. The number of hydrogen-bond donors (Lipinski definition) is 1. The van der Waals surface area contributed by atoms with Gasteiger partial charge in [0.15, 0.2) is 0 Å². The van der Waals surface area contributed by atoms with Crippen LogP contribution in [0.15, 0.2) is 36.4 Å². The molecule has 0 fully saturated rings. The van der Waals surface area contributed by atoms with Gasteiger partial charge in [0.05, 0.1) is 23.0 Å². The molecule has 0 bridgehead atoms. The molecular weight excluding hydrogens is 280 g/mol. The van der Waals surface area contributed by atoms with Gasteiger partial charge in [0.1, 0.15) is 10.8 Å². The van der Waals surface area contributed by atoms with Crippen LogP contribution in [0.1, 0.15) is 0 Å². The Morgan fingerprint density at radius 1 is 1.21 bits per heavy atom. The number of benzene rings is 2. The van der Waals surface area contributed by atoms with Crippen LogP contribution in [0.2, 0.25) is 5.02 Å². The van der Waals surface area contributed by atoms with Crippen LogP contribution >= 0.6 is 22.9 Å². The molecule has 2 N–H and O–H groups in total. The smallest absolute Gasteiger partial charge is 0.141 e. The minimum absolute atomic E-state index is 0.609. The topological polar surface area (TPSA) is 48.1 Å². The first-order valence-electron chi connectivity index (χ1n) is 5.67. The highest BCUT2D eigenvalue weighted by atomic mass is 35.5. The molecule has 0 unspecified atom stereocenters. The van der Waals surface area contributed by atoms with Gasteiger partial charge in [-0.1, -0.05) is 11.6 Å². The third-order valence-corrected chi connectivity index (χ3v) is 4.13. The average Bonchev–Trinajstić information content (AvgIpc) is 2.81. The first-order valence-corrected chi connectivity index (χ1v) is 6.87. The van der Waals surface area contributed by atoms with Crippen molar-refractivity contribution < 1.29 is 4.74 Å². The molecule has 96 valence electrons. The highest BCUT2D eigenvalue weighted by molar-refractivity contribution is 7.21. The van der Waals surface area contributed by atoms with E-state index in [1.807, 2.05) is 36.4 Å². The van der Waals surface area contributed by atoms with E-state index in [9.17, 15) is 0 Å². The normalized spacial score (nSPS) is 10.8. The number of hydrogen-bond acceptors (Lipinski definition) is 4. The molecule has 0 saturated carbocycles. The number of anilines is 1. The lowest BCUT2D eigenvalue weighted by molar-refractivity contribution is 0.417. The lowest BCUT2D eigenvalue weighted by atomic mass is 10.2. The third-order valence-electron chi connectivity index (χ3n) is 2.83. The Morgan fingerprint density at radius 3 is 2.79 bits per heavy atom. The molecule has 5 heteroatoms. The summed E-state index contributed by atoms with van der Waals surface area (Å²) >= 11 is 7.58. The van der Waals surface area contributed by atoms with Gasteiger partial charge in [-0.2, -0.15) is 0 Å². The molecule has 3 aromatic rings. The zero-order valence-corrected chi connectivity index (χ0v) is 11.8. The Bertz CT molecular complexity index is 754. The van der Waals surface area contributed by atoms with Crippen LogP contribution in [0.25, 0.3) is 20.8 Å². The predicted octanol–water partition coefficient (Wildman–Crippen LogP) is 4.21. The van der Waals surface area contributed by atoms with Crippen LogP contribution in [0, 0.1) is 0 Å². The van der Waals surface area contributed by atoms with E-state index >= 15 is 0 Å². The fourth-order valence-electron chi connectivity index (χ4n) is 1.89. The molecule has 0 radical (unpaired) electrons. The summed E-state index contributed by atoms with van der Waals surface area (Å²) < 4.78 is 6.22. The van der Waals surface area contributed by atoms with E-state index in [0.29, 0.717) is 11.4 Å². The van der Waals surface area contributed by atoms with Gasteiger partial charge in [-0.15, -0.1) is 11.3 Å². The number of nitrogen functional groups attached to an aromatic ring is 1. The molecular formula is C14H11ClN2OS. The van der Waals surface area contributed by atoms with Crippen molar-refractivity contribution >= 4 is 38.8 Å². The lowest BCUT2D eigenvalue weighted by Crippen LogP contribution is -1.92. The van der Waals surface area contributed by atoms with E-state index in [4.69, 9.17) is 22.1 Å². The van der Waals surface area contributed by atoms with E-state index in [1.54, 1.807) is 18.4 Å². The van der Waals surface area contributed by atoms with E-state index < -0.39 is 0 Å². The quantitative estimate of drug-likeness (QED) is 0.719. The number of nitrogens with zero attached hydrogens (tertiary/aromatic N) is 1. The molecule has 19 heavy (non-hydrogen) atoms. The van der Waals surface area contributed by atoms with Gasteiger partial charge >= 0.3 is 0 Å². The summed E-state index contributed by atoms with van der Waals surface area (Å²) in [5, 5.41) is 1.64. The van der Waals surface area contributed by atoms with E-state index in [0.717, 1.165) is 25.8 Å². The maximum Gasteiger partial charge on any atom is 0.141 e. The summed E-state index contributed by atoms with van der Waals surface area (Å²) in [4.78, 5) is 4.58. The van der Waals surface area contributed by atoms with Gasteiger partial charge in [-0.3, -0.25) is 0 Å². The van der Waals surface area contributed by atoms with E-state index in [-0.39, 0.29) is 0 Å². The van der Waals surface area contributed by atoms with Crippen LogP contribution in [0.4, 0.5) is 5.69 Å². The summed E-state index contributed by atoms with van der Waals surface area (Å²) in [7, 11) is 1.60. The van der Waals surface area contributed by atoms with Crippen LogP contribution in [-0.2, 0) is 0 Å². The van der Waals surface area contributed by atoms with Crippen molar-refractivity contribution in [2.45, 2.75) is 0 Å². The van der Waals surface area contributed by atoms with Crippen LogP contribution in [0.3, 0.4) is 0 Å². The van der Waals surface area contributed by atoms with Gasteiger partial charge < -0.3 is 10.5 Å². The number of nitrogens with two attached hydrogens (primary N) is 1. The number of methoxy groups -OCH3 is 1. The summed E-state index contributed by atoms with van der Waals surface area (Å²) in [6.45, 7) is 0. The van der Waals surface area contributed by atoms with E-state index in [2.05, 4.69) is 4.98 Å². The zero-order chi connectivity index (χ0) is 13.4. The lowest BCUT2D eigenvalue weighted by Gasteiger charge is -2.04. The minimum Gasteiger partial charge on any atom is -0.495 e. The Labute approximate surface area is 119 Å². The summed E-state index contributed by atoms with van der Waals surface area (Å²) in [6.07, 6.45) is 0. The number of ether oxygens (including phenoxy) is 1. The van der Waals surface area contributed by atoms with Crippen molar-refractivity contribution in [3.63, 3.8) is 0 Å². The zero-order valence-electron chi connectivity index (χ0n) is 10.2. The first-order chi connectivity index (χ1) is 9.17. The molecule has 2 aromatic carbocycles. The second kappa shape index (κ2) is 4.72. The highest BCUT2D eigenvalue weighted by Gasteiger charge is 2.08. The Hall–Kier alpha value is -1.78. The molecule has 0 spiro atoms. The molecule has 3 nitrogen and oxygen atoms in total. The molecule has 3 rings (SSSR count). The summed E-state index contributed by atoms with van der Waals surface area (Å²) in [5.74, 6) is 0.674. The predicted molar refractivity (Wildman–Crippen MR) is 81.0 cm³/mol. The molecule has 0 atom stereocenters. The molecule has 1 aromatic heterocycles. The fourth-order valence-corrected chi connectivity index (χ4v) is 3.13. The maximum atomic E-state index is 5.98. The second-order valence-corrected chi connectivity index (χ2v) is 5.55. The monoisotopic (exact) mass is 290 g/mol. The van der Waals surface area contributed by atoms with Gasteiger partial charge in [-0.25, -0.2) is 4.98 Å². The Kier molecular flexibility index (Phi) is 3.05.